The van der Waals surface area contributed by atoms with Gasteiger partial charge in [0, 0.05) is 18.6 Å². The van der Waals surface area contributed by atoms with Gasteiger partial charge in [-0.3, -0.25) is 0 Å². The highest BCUT2D eigenvalue weighted by molar-refractivity contribution is 5.19. The fraction of sp³-hybridized carbons (Fsp3) is 0.647. The molecule has 1 heterocycles. The molecule has 1 fully saturated rings. The van der Waals surface area contributed by atoms with Crippen molar-refractivity contribution in [3.63, 3.8) is 0 Å². The van der Waals surface area contributed by atoms with Crippen LogP contribution in [0.5, 0.6) is 0 Å². The molecular formula is C17H29N3. The number of nitrogens with zero attached hydrogens (tertiary/aromatic N) is 2. The molecule has 2 rings (SSSR count). The Hall–Kier alpha value is -0.900. The maximum atomic E-state index is 3.90. The van der Waals surface area contributed by atoms with Crippen molar-refractivity contribution in [3.8, 4) is 0 Å². The molecule has 1 aromatic rings. The second kappa shape index (κ2) is 7.77. The SMILES string of the molecule is CN(C)CC(NC1CCCN(C)CC1)c1ccccc1. The highest BCUT2D eigenvalue weighted by Gasteiger charge is 2.20. The quantitative estimate of drug-likeness (QED) is 0.890. The fourth-order valence-corrected chi connectivity index (χ4v) is 3.00. The first-order valence-electron chi connectivity index (χ1n) is 7.79. The van der Waals surface area contributed by atoms with Crippen LogP contribution in [0.1, 0.15) is 30.9 Å². The van der Waals surface area contributed by atoms with Crippen LogP contribution in [-0.4, -0.2) is 56.6 Å². The van der Waals surface area contributed by atoms with Gasteiger partial charge in [0.25, 0.3) is 0 Å². The van der Waals surface area contributed by atoms with Crippen molar-refractivity contribution in [1.29, 1.82) is 0 Å². The molecule has 2 unspecified atom stereocenters. The van der Waals surface area contributed by atoms with Gasteiger partial charge in [-0.2, -0.15) is 0 Å². The molecule has 0 saturated carbocycles. The maximum absolute atomic E-state index is 3.90. The molecule has 20 heavy (non-hydrogen) atoms. The molecule has 1 aliphatic heterocycles. The average molecular weight is 275 g/mol. The smallest absolute Gasteiger partial charge is 0.0451 e. The third-order valence-corrected chi connectivity index (χ3v) is 4.14. The van der Waals surface area contributed by atoms with Crippen molar-refractivity contribution >= 4 is 0 Å². The van der Waals surface area contributed by atoms with E-state index in [-0.39, 0.29) is 0 Å². The van der Waals surface area contributed by atoms with E-state index in [1.807, 2.05) is 0 Å². The third-order valence-electron chi connectivity index (χ3n) is 4.14. The number of nitrogens with one attached hydrogen (secondary N) is 1. The molecule has 1 aliphatic rings. The normalized spacial score (nSPS) is 22.7. The van der Waals surface area contributed by atoms with E-state index in [1.165, 1.54) is 37.9 Å². The van der Waals surface area contributed by atoms with Gasteiger partial charge in [0.2, 0.25) is 0 Å². The van der Waals surface area contributed by atoms with Crippen molar-refractivity contribution in [2.24, 2.45) is 0 Å². The molecule has 0 bridgehead atoms. The Morgan fingerprint density at radius 1 is 1.20 bits per heavy atom. The second-order valence-corrected chi connectivity index (χ2v) is 6.32. The van der Waals surface area contributed by atoms with Crippen molar-refractivity contribution < 1.29 is 0 Å². The number of likely N-dealkylation sites (N-methyl/N-ethyl adjacent to an activating group) is 1. The Kier molecular flexibility index (Phi) is 6.02. The molecule has 0 spiro atoms. The van der Waals surface area contributed by atoms with Gasteiger partial charge in [0.1, 0.15) is 0 Å². The molecule has 2 atom stereocenters. The Morgan fingerprint density at radius 3 is 2.65 bits per heavy atom. The Labute approximate surface area is 124 Å². The lowest BCUT2D eigenvalue weighted by molar-refractivity contribution is 0.303. The van der Waals surface area contributed by atoms with Gasteiger partial charge in [0.05, 0.1) is 0 Å². The molecule has 3 heteroatoms. The van der Waals surface area contributed by atoms with Crippen molar-refractivity contribution in [1.82, 2.24) is 15.1 Å². The lowest BCUT2D eigenvalue weighted by Gasteiger charge is -2.28. The summed E-state index contributed by atoms with van der Waals surface area (Å²) in [5, 5.41) is 3.90. The van der Waals surface area contributed by atoms with Crippen LogP contribution >= 0.6 is 0 Å². The van der Waals surface area contributed by atoms with Crippen LogP contribution in [0.3, 0.4) is 0 Å². The first-order valence-corrected chi connectivity index (χ1v) is 7.79. The minimum absolute atomic E-state index is 0.430. The van der Waals surface area contributed by atoms with Gasteiger partial charge >= 0.3 is 0 Å². The van der Waals surface area contributed by atoms with Crippen LogP contribution in [0.4, 0.5) is 0 Å². The maximum Gasteiger partial charge on any atom is 0.0451 e. The number of rotatable bonds is 5. The minimum Gasteiger partial charge on any atom is -0.308 e. The number of hydrogen-bond donors (Lipinski definition) is 1. The predicted molar refractivity (Wildman–Crippen MR) is 86.0 cm³/mol. The summed E-state index contributed by atoms with van der Waals surface area (Å²) >= 11 is 0. The van der Waals surface area contributed by atoms with Crippen LogP contribution in [0.25, 0.3) is 0 Å². The number of likely N-dealkylation sites (tertiary alicyclic amines) is 1. The standard InChI is InChI=1S/C17H29N3/c1-19(2)14-17(15-8-5-4-6-9-15)18-16-10-7-12-20(3)13-11-16/h4-6,8-9,16-18H,7,10-14H2,1-3H3. The molecule has 0 aliphatic carbocycles. The van der Waals surface area contributed by atoms with E-state index in [2.05, 4.69) is 66.6 Å². The highest BCUT2D eigenvalue weighted by Crippen LogP contribution is 2.18. The van der Waals surface area contributed by atoms with Gasteiger partial charge in [-0.1, -0.05) is 30.3 Å². The van der Waals surface area contributed by atoms with E-state index in [0.29, 0.717) is 12.1 Å². The summed E-state index contributed by atoms with van der Waals surface area (Å²) in [4.78, 5) is 4.72. The van der Waals surface area contributed by atoms with E-state index in [0.717, 1.165) is 6.54 Å². The van der Waals surface area contributed by atoms with E-state index in [4.69, 9.17) is 0 Å². The van der Waals surface area contributed by atoms with Crippen molar-refractivity contribution in [2.75, 3.05) is 40.8 Å². The van der Waals surface area contributed by atoms with Crippen LogP contribution < -0.4 is 5.32 Å². The molecule has 1 N–H and O–H groups in total. The summed E-state index contributed by atoms with van der Waals surface area (Å²) < 4.78 is 0. The van der Waals surface area contributed by atoms with Crippen LogP contribution in [0.15, 0.2) is 30.3 Å². The monoisotopic (exact) mass is 275 g/mol. The molecule has 0 radical (unpaired) electrons. The van der Waals surface area contributed by atoms with Gasteiger partial charge in [-0.15, -0.1) is 0 Å². The van der Waals surface area contributed by atoms with Crippen LogP contribution in [0.2, 0.25) is 0 Å². The second-order valence-electron chi connectivity index (χ2n) is 6.32. The van der Waals surface area contributed by atoms with Gasteiger partial charge in [-0.05, 0) is 59.1 Å². The zero-order chi connectivity index (χ0) is 14.4. The molecular weight excluding hydrogens is 246 g/mol. The van der Waals surface area contributed by atoms with Gasteiger partial charge in [-0.25, -0.2) is 0 Å². The van der Waals surface area contributed by atoms with E-state index in [9.17, 15) is 0 Å². The van der Waals surface area contributed by atoms with Crippen molar-refractivity contribution in [2.45, 2.75) is 31.3 Å². The Balaban J connectivity index is 2.00. The first kappa shape index (κ1) is 15.5. The van der Waals surface area contributed by atoms with E-state index < -0.39 is 0 Å². The molecule has 0 aromatic heterocycles. The summed E-state index contributed by atoms with van der Waals surface area (Å²) in [6.07, 6.45) is 3.85. The summed E-state index contributed by atoms with van der Waals surface area (Å²) in [6.45, 7) is 3.50. The molecule has 1 saturated heterocycles. The summed E-state index contributed by atoms with van der Waals surface area (Å²) in [5.74, 6) is 0. The topological polar surface area (TPSA) is 18.5 Å². The average Bonchev–Trinajstić information content (AvgIpc) is 2.63. The van der Waals surface area contributed by atoms with Crippen molar-refractivity contribution in [3.05, 3.63) is 35.9 Å². The highest BCUT2D eigenvalue weighted by atomic mass is 15.1. The molecule has 0 amide bonds. The first-order chi connectivity index (χ1) is 9.65. The number of hydrogen-bond acceptors (Lipinski definition) is 3. The van der Waals surface area contributed by atoms with E-state index in [1.54, 1.807) is 0 Å². The Bertz CT molecular complexity index is 377. The lowest BCUT2D eigenvalue weighted by atomic mass is 10.0. The third kappa shape index (κ3) is 4.89. The summed E-state index contributed by atoms with van der Waals surface area (Å²) in [7, 11) is 6.54. The van der Waals surface area contributed by atoms with Gasteiger partial charge in [0.15, 0.2) is 0 Å². The molecule has 3 nitrogen and oxygen atoms in total. The predicted octanol–water partition coefficient (Wildman–Crippen LogP) is 2.36. The Morgan fingerprint density at radius 2 is 1.95 bits per heavy atom. The lowest BCUT2D eigenvalue weighted by Crippen LogP contribution is -2.38. The fourth-order valence-electron chi connectivity index (χ4n) is 3.00. The zero-order valence-electron chi connectivity index (χ0n) is 13.2. The summed E-state index contributed by atoms with van der Waals surface area (Å²) in [5.41, 5.74) is 1.40. The molecule has 112 valence electrons. The van der Waals surface area contributed by atoms with E-state index >= 15 is 0 Å². The summed E-state index contributed by atoms with van der Waals surface area (Å²) in [6, 6.07) is 11.9. The zero-order valence-corrected chi connectivity index (χ0v) is 13.2. The molecule has 1 aromatic carbocycles. The van der Waals surface area contributed by atoms with Crippen LogP contribution in [-0.2, 0) is 0 Å². The van der Waals surface area contributed by atoms with Gasteiger partial charge < -0.3 is 15.1 Å². The number of benzene rings is 1. The largest absolute Gasteiger partial charge is 0.308 e. The minimum atomic E-state index is 0.430. The van der Waals surface area contributed by atoms with Crippen LogP contribution in [0, 0.1) is 0 Å².